The molecule has 0 radical (unpaired) electrons. The molecule has 2 aromatic rings. The van der Waals surface area contributed by atoms with Crippen LogP contribution in [0.1, 0.15) is 45.4 Å². The second kappa shape index (κ2) is 10.7. The molecule has 31 heavy (non-hydrogen) atoms. The molecule has 0 spiro atoms. The summed E-state index contributed by atoms with van der Waals surface area (Å²) in [7, 11) is 1.53. The van der Waals surface area contributed by atoms with E-state index in [4.69, 9.17) is 4.74 Å². The third kappa shape index (κ3) is 6.36. The zero-order valence-corrected chi connectivity index (χ0v) is 17.9. The fourth-order valence-corrected chi connectivity index (χ4v) is 3.49. The number of rotatable bonds is 7. The number of nitrogens with one attached hydrogen (secondary N) is 2. The van der Waals surface area contributed by atoms with Gasteiger partial charge in [0, 0.05) is 51.3 Å². The van der Waals surface area contributed by atoms with Crippen LogP contribution in [0, 0.1) is 0 Å². The molecular weight excluding hydrogens is 396 g/mol. The third-order valence-electron chi connectivity index (χ3n) is 5.16. The molecule has 8 nitrogen and oxygen atoms in total. The lowest BCUT2D eigenvalue weighted by Crippen LogP contribution is -2.45. The van der Waals surface area contributed by atoms with Gasteiger partial charge in [-0.1, -0.05) is 30.3 Å². The molecule has 164 valence electrons. The van der Waals surface area contributed by atoms with E-state index >= 15 is 0 Å². The first kappa shape index (κ1) is 22.4. The molecule has 3 amide bonds. The van der Waals surface area contributed by atoms with Crippen molar-refractivity contribution in [2.75, 3.05) is 33.3 Å². The average Bonchev–Trinajstić information content (AvgIpc) is 2.79. The van der Waals surface area contributed by atoms with E-state index < -0.39 is 0 Å². The molecule has 3 rings (SSSR count). The summed E-state index contributed by atoms with van der Waals surface area (Å²) in [6, 6.07) is 13.0. The predicted octanol–water partition coefficient (Wildman–Crippen LogP) is 1.40. The number of benzene rings is 1. The molecule has 1 fully saturated rings. The number of hydrogen-bond donors (Lipinski definition) is 2. The van der Waals surface area contributed by atoms with Crippen LogP contribution in [0.2, 0.25) is 0 Å². The maximum atomic E-state index is 12.8. The zero-order chi connectivity index (χ0) is 22.2. The lowest BCUT2D eigenvalue weighted by atomic mass is 10.1. The highest BCUT2D eigenvalue weighted by atomic mass is 16.5. The first-order valence-corrected chi connectivity index (χ1v) is 10.4. The van der Waals surface area contributed by atoms with Crippen molar-refractivity contribution in [2.24, 2.45) is 0 Å². The molecule has 0 bridgehead atoms. The van der Waals surface area contributed by atoms with Crippen molar-refractivity contribution < 1.29 is 19.1 Å². The Morgan fingerprint density at radius 3 is 2.65 bits per heavy atom. The highest BCUT2D eigenvalue weighted by Crippen LogP contribution is 2.13. The fourth-order valence-electron chi connectivity index (χ4n) is 3.49. The maximum absolute atomic E-state index is 12.8. The quantitative estimate of drug-likeness (QED) is 0.700. The van der Waals surface area contributed by atoms with Crippen LogP contribution in [-0.4, -0.2) is 67.0 Å². The van der Waals surface area contributed by atoms with Gasteiger partial charge in [-0.05, 0) is 24.1 Å². The Labute approximate surface area is 182 Å². The number of pyridine rings is 1. The Morgan fingerprint density at radius 2 is 1.94 bits per heavy atom. The van der Waals surface area contributed by atoms with Crippen molar-refractivity contribution >= 4 is 17.7 Å². The van der Waals surface area contributed by atoms with Gasteiger partial charge in [-0.15, -0.1) is 0 Å². The van der Waals surface area contributed by atoms with Gasteiger partial charge in [-0.3, -0.25) is 14.4 Å². The van der Waals surface area contributed by atoms with Gasteiger partial charge in [0.1, 0.15) is 5.69 Å². The van der Waals surface area contributed by atoms with E-state index in [0.29, 0.717) is 50.3 Å². The molecule has 8 heteroatoms. The highest BCUT2D eigenvalue weighted by molar-refractivity contribution is 5.98. The second-order valence-electron chi connectivity index (χ2n) is 7.48. The molecule has 0 saturated carbocycles. The predicted molar refractivity (Wildman–Crippen MR) is 116 cm³/mol. The monoisotopic (exact) mass is 424 g/mol. The first-order valence-electron chi connectivity index (χ1n) is 10.4. The lowest BCUT2D eigenvalue weighted by Gasteiger charge is -2.32. The topological polar surface area (TPSA) is 101 Å². The molecule has 1 saturated heterocycles. The molecule has 2 N–H and O–H groups in total. The highest BCUT2D eigenvalue weighted by Gasteiger charge is 2.22. The van der Waals surface area contributed by atoms with Crippen molar-refractivity contribution in [1.82, 2.24) is 20.5 Å². The molecule has 1 aliphatic rings. The molecular formula is C23H28N4O4. The summed E-state index contributed by atoms with van der Waals surface area (Å²) >= 11 is 0. The minimum Gasteiger partial charge on any atom is -0.374 e. The van der Waals surface area contributed by atoms with Crippen LogP contribution in [0.25, 0.3) is 0 Å². The summed E-state index contributed by atoms with van der Waals surface area (Å²) in [4.78, 5) is 42.6. The smallest absolute Gasteiger partial charge is 0.269 e. The van der Waals surface area contributed by atoms with Gasteiger partial charge in [-0.2, -0.15) is 0 Å². The Kier molecular flexibility index (Phi) is 7.72. The van der Waals surface area contributed by atoms with Crippen molar-refractivity contribution in [2.45, 2.75) is 25.9 Å². The van der Waals surface area contributed by atoms with E-state index in [-0.39, 0.29) is 29.5 Å². The number of morpholine rings is 1. The number of aromatic nitrogens is 1. The Hall–Kier alpha value is -3.26. The van der Waals surface area contributed by atoms with Crippen LogP contribution in [0.15, 0.2) is 42.5 Å². The van der Waals surface area contributed by atoms with E-state index in [1.54, 1.807) is 17.9 Å². The van der Waals surface area contributed by atoms with Gasteiger partial charge < -0.3 is 20.3 Å². The van der Waals surface area contributed by atoms with Gasteiger partial charge in [-0.25, -0.2) is 4.98 Å². The summed E-state index contributed by atoms with van der Waals surface area (Å²) in [6.07, 6.45) is 1.01. The second-order valence-corrected chi connectivity index (χ2v) is 7.48. The van der Waals surface area contributed by atoms with Crippen LogP contribution < -0.4 is 10.6 Å². The fraction of sp³-hybridized carbons (Fsp3) is 0.391. The molecule has 1 aromatic carbocycles. The number of carbonyl (C=O) groups is 3. The largest absolute Gasteiger partial charge is 0.374 e. The van der Waals surface area contributed by atoms with E-state index in [0.717, 1.165) is 5.56 Å². The van der Waals surface area contributed by atoms with Crippen LogP contribution in [0.4, 0.5) is 0 Å². The molecule has 1 aliphatic heterocycles. The molecule has 2 heterocycles. The van der Waals surface area contributed by atoms with Crippen molar-refractivity contribution in [1.29, 1.82) is 0 Å². The zero-order valence-electron chi connectivity index (χ0n) is 17.9. The van der Waals surface area contributed by atoms with Gasteiger partial charge in [0.25, 0.3) is 11.8 Å². The van der Waals surface area contributed by atoms with Gasteiger partial charge in [0.15, 0.2) is 0 Å². The van der Waals surface area contributed by atoms with E-state index in [1.165, 1.54) is 13.1 Å². The third-order valence-corrected chi connectivity index (χ3v) is 5.16. The van der Waals surface area contributed by atoms with Gasteiger partial charge in [0.05, 0.1) is 12.7 Å². The van der Waals surface area contributed by atoms with Crippen molar-refractivity contribution in [3.05, 3.63) is 65.0 Å². The lowest BCUT2D eigenvalue weighted by molar-refractivity contribution is -0.136. The number of amides is 3. The average molecular weight is 425 g/mol. The Balaban J connectivity index is 1.65. The standard InChI is InChI=1S/C23H28N4O4/c1-16(28)27-10-11-31-20(15-27)8-9-25-22(29)18-13-19(12-17-6-4-3-5-7-17)26-21(14-18)23(30)24-2/h3-7,13-14,20H,8-12,15H2,1-2H3,(H,24,30)(H,25,29). The number of carbonyl (C=O) groups excluding carboxylic acids is 3. The normalized spacial score (nSPS) is 15.9. The summed E-state index contributed by atoms with van der Waals surface area (Å²) in [5.74, 6) is -0.591. The SMILES string of the molecule is CNC(=O)c1cc(C(=O)NCCC2CN(C(C)=O)CCO2)cc(Cc2ccccc2)n1. The molecule has 1 unspecified atom stereocenters. The summed E-state index contributed by atoms with van der Waals surface area (Å²) in [5, 5.41) is 5.44. The van der Waals surface area contributed by atoms with Crippen LogP contribution in [0.5, 0.6) is 0 Å². The Morgan fingerprint density at radius 1 is 1.16 bits per heavy atom. The van der Waals surface area contributed by atoms with Crippen LogP contribution in [-0.2, 0) is 16.0 Å². The molecule has 1 atom stereocenters. The van der Waals surface area contributed by atoms with Crippen molar-refractivity contribution in [3.63, 3.8) is 0 Å². The summed E-state index contributed by atoms with van der Waals surface area (Å²) in [5.41, 5.74) is 2.27. The molecule has 0 aliphatic carbocycles. The van der Waals surface area contributed by atoms with Crippen molar-refractivity contribution in [3.8, 4) is 0 Å². The van der Waals surface area contributed by atoms with E-state index in [9.17, 15) is 14.4 Å². The summed E-state index contributed by atoms with van der Waals surface area (Å²) < 4.78 is 5.69. The summed E-state index contributed by atoms with van der Waals surface area (Å²) in [6.45, 7) is 3.58. The minimum atomic E-state index is -0.344. The van der Waals surface area contributed by atoms with E-state index in [1.807, 2.05) is 30.3 Å². The minimum absolute atomic E-state index is 0.0294. The Bertz CT molecular complexity index is 932. The van der Waals surface area contributed by atoms with Crippen LogP contribution >= 0.6 is 0 Å². The number of nitrogens with zero attached hydrogens (tertiary/aromatic N) is 2. The van der Waals surface area contributed by atoms with E-state index in [2.05, 4.69) is 15.6 Å². The molecule has 1 aromatic heterocycles. The first-order chi connectivity index (χ1) is 15.0. The van der Waals surface area contributed by atoms with Crippen LogP contribution in [0.3, 0.4) is 0 Å². The number of ether oxygens (including phenoxy) is 1. The van der Waals surface area contributed by atoms with Gasteiger partial charge in [0.2, 0.25) is 5.91 Å². The van der Waals surface area contributed by atoms with Gasteiger partial charge >= 0.3 is 0 Å². The number of hydrogen-bond acceptors (Lipinski definition) is 5. The maximum Gasteiger partial charge on any atom is 0.269 e.